The highest BCUT2D eigenvalue weighted by molar-refractivity contribution is 6.06. The number of carbonyl (C=O) groups is 1. The van der Waals surface area contributed by atoms with E-state index >= 15 is 0 Å². The summed E-state index contributed by atoms with van der Waals surface area (Å²) in [5, 5.41) is 2.91. The number of hydrogen-bond donors (Lipinski definition) is 1. The average molecular weight is 364 g/mol. The molecule has 1 N–H and O–H groups in total. The molecule has 1 amide bonds. The molecule has 27 heavy (non-hydrogen) atoms. The monoisotopic (exact) mass is 364 g/mol. The minimum Gasteiger partial charge on any atom is -0.495 e. The number of nitrogens with zero attached hydrogens (tertiary/aromatic N) is 3. The predicted octanol–water partition coefficient (Wildman–Crippen LogP) is 3.39. The van der Waals surface area contributed by atoms with Gasteiger partial charge in [-0.25, -0.2) is 4.98 Å². The van der Waals surface area contributed by atoms with Crippen LogP contribution in [0.15, 0.2) is 48.8 Å². The van der Waals surface area contributed by atoms with Crippen molar-refractivity contribution in [2.45, 2.75) is 19.4 Å². The van der Waals surface area contributed by atoms with Gasteiger partial charge in [-0.3, -0.25) is 4.79 Å². The molecule has 1 aromatic heterocycles. The third-order valence-corrected chi connectivity index (χ3v) is 5.09. The fourth-order valence-electron chi connectivity index (χ4n) is 3.58. The number of likely N-dealkylation sites (tertiary alicyclic amines) is 1. The summed E-state index contributed by atoms with van der Waals surface area (Å²) in [7, 11) is 1.59. The van der Waals surface area contributed by atoms with Crippen molar-refractivity contribution in [3.8, 4) is 5.75 Å². The topological polar surface area (TPSA) is 59.4 Å². The number of amides is 1. The van der Waals surface area contributed by atoms with Crippen molar-refractivity contribution in [2.24, 2.45) is 0 Å². The normalized spacial score (nSPS) is 14.6. The Kier molecular flexibility index (Phi) is 5.07. The van der Waals surface area contributed by atoms with Crippen LogP contribution in [0.3, 0.4) is 0 Å². The molecular formula is C21H24N4O2. The molecule has 1 aliphatic rings. The summed E-state index contributed by atoms with van der Waals surface area (Å²) >= 11 is 0. The fourth-order valence-corrected chi connectivity index (χ4v) is 3.58. The summed E-state index contributed by atoms with van der Waals surface area (Å²) in [5.74, 6) is 0.464. The number of carbonyl (C=O) groups excluding carboxylic acids is 1. The number of benzene rings is 2. The molecule has 0 unspecified atom stereocenters. The molecule has 6 heteroatoms. The van der Waals surface area contributed by atoms with Crippen molar-refractivity contribution in [1.82, 2.24) is 14.5 Å². The maximum atomic E-state index is 12.6. The number of hydrogen-bond acceptors (Lipinski definition) is 4. The van der Waals surface area contributed by atoms with Crippen LogP contribution in [0.5, 0.6) is 5.75 Å². The van der Waals surface area contributed by atoms with E-state index in [1.165, 1.54) is 25.9 Å². The van der Waals surface area contributed by atoms with Crippen molar-refractivity contribution in [2.75, 3.05) is 32.1 Å². The van der Waals surface area contributed by atoms with Gasteiger partial charge in [-0.1, -0.05) is 12.1 Å². The number of rotatable bonds is 6. The molecule has 2 heterocycles. The van der Waals surface area contributed by atoms with Crippen LogP contribution in [-0.4, -0.2) is 47.1 Å². The zero-order chi connectivity index (χ0) is 18.6. The Bertz CT molecular complexity index is 944. The minimum absolute atomic E-state index is 0.173. The average Bonchev–Trinajstić information content (AvgIpc) is 3.36. The van der Waals surface area contributed by atoms with Crippen LogP contribution in [0, 0.1) is 0 Å². The fraction of sp³-hybridized carbons (Fsp3) is 0.333. The highest BCUT2D eigenvalue weighted by Gasteiger charge is 2.14. The van der Waals surface area contributed by atoms with E-state index in [9.17, 15) is 4.79 Å². The summed E-state index contributed by atoms with van der Waals surface area (Å²) in [6.45, 7) is 4.35. The predicted molar refractivity (Wildman–Crippen MR) is 106 cm³/mol. The summed E-state index contributed by atoms with van der Waals surface area (Å²) in [6.07, 6.45) is 4.47. The molecule has 6 nitrogen and oxygen atoms in total. The zero-order valence-corrected chi connectivity index (χ0v) is 15.5. The van der Waals surface area contributed by atoms with Crippen LogP contribution in [0.4, 0.5) is 5.69 Å². The Morgan fingerprint density at radius 3 is 2.78 bits per heavy atom. The van der Waals surface area contributed by atoms with E-state index in [1.807, 2.05) is 48.8 Å². The number of fused-ring (bicyclic) bond motifs is 1. The van der Waals surface area contributed by atoms with Crippen LogP contribution in [0.2, 0.25) is 0 Å². The first-order chi connectivity index (χ1) is 13.2. The standard InChI is InChI=1S/C21H24N4O2/c1-27-20-7-3-2-6-17(20)23-21(26)16-8-9-19-18(14-16)22-15-25(19)13-12-24-10-4-5-11-24/h2-3,6-9,14-15H,4-5,10-13H2,1H3,(H,23,26). The number of para-hydroxylation sites is 2. The lowest BCUT2D eigenvalue weighted by Crippen LogP contribution is -2.23. The quantitative estimate of drug-likeness (QED) is 0.728. The molecule has 0 bridgehead atoms. The first-order valence-corrected chi connectivity index (χ1v) is 9.36. The molecule has 1 saturated heterocycles. The van der Waals surface area contributed by atoms with E-state index in [4.69, 9.17) is 4.74 Å². The van der Waals surface area contributed by atoms with Gasteiger partial charge in [-0.2, -0.15) is 0 Å². The van der Waals surface area contributed by atoms with Crippen molar-refractivity contribution >= 4 is 22.6 Å². The lowest BCUT2D eigenvalue weighted by Gasteiger charge is -2.15. The number of methoxy groups -OCH3 is 1. The van der Waals surface area contributed by atoms with Gasteiger partial charge in [0.1, 0.15) is 5.75 Å². The molecule has 0 spiro atoms. The van der Waals surface area contributed by atoms with E-state index < -0.39 is 0 Å². The second kappa shape index (κ2) is 7.80. The lowest BCUT2D eigenvalue weighted by atomic mass is 10.1. The zero-order valence-electron chi connectivity index (χ0n) is 15.5. The molecule has 0 saturated carbocycles. The SMILES string of the molecule is COc1ccccc1NC(=O)c1ccc2c(c1)ncn2CCN1CCCC1. The van der Waals surface area contributed by atoms with E-state index in [1.54, 1.807) is 7.11 Å². The summed E-state index contributed by atoms with van der Waals surface area (Å²) in [4.78, 5) is 19.6. The van der Waals surface area contributed by atoms with Crippen molar-refractivity contribution in [3.63, 3.8) is 0 Å². The Hall–Kier alpha value is -2.86. The number of aromatic nitrogens is 2. The molecule has 3 aromatic rings. The third-order valence-electron chi connectivity index (χ3n) is 5.09. The van der Waals surface area contributed by atoms with E-state index in [2.05, 4.69) is 19.8 Å². The summed E-state index contributed by atoms with van der Waals surface area (Å²) in [6, 6.07) is 13.0. The number of nitrogens with one attached hydrogen (secondary N) is 1. The van der Waals surface area contributed by atoms with Crippen LogP contribution in [-0.2, 0) is 6.54 Å². The van der Waals surface area contributed by atoms with Gasteiger partial charge in [-0.15, -0.1) is 0 Å². The smallest absolute Gasteiger partial charge is 0.255 e. The molecule has 4 rings (SSSR count). The van der Waals surface area contributed by atoms with Crippen molar-refractivity contribution in [1.29, 1.82) is 0 Å². The highest BCUT2D eigenvalue weighted by atomic mass is 16.5. The van der Waals surface area contributed by atoms with Crippen LogP contribution in [0.25, 0.3) is 11.0 Å². The largest absolute Gasteiger partial charge is 0.495 e. The van der Waals surface area contributed by atoms with Gasteiger partial charge in [0, 0.05) is 18.7 Å². The van der Waals surface area contributed by atoms with Gasteiger partial charge in [0.05, 0.1) is 30.2 Å². The molecule has 0 atom stereocenters. The summed E-state index contributed by atoms with van der Waals surface area (Å²) in [5.41, 5.74) is 3.13. The first-order valence-electron chi connectivity index (χ1n) is 9.36. The molecular weight excluding hydrogens is 340 g/mol. The van der Waals surface area contributed by atoms with Gasteiger partial charge in [-0.05, 0) is 56.3 Å². The molecule has 1 fully saturated rings. The Balaban J connectivity index is 1.49. The maximum Gasteiger partial charge on any atom is 0.255 e. The third kappa shape index (κ3) is 3.80. The molecule has 140 valence electrons. The van der Waals surface area contributed by atoms with Crippen LogP contribution >= 0.6 is 0 Å². The number of imidazole rings is 1. The van der Waals surface area contributed by atoms with E-state index in [0.29, 0.717) is 17.0 Å². The Morgan fingerprint density at radius 1 is 1.15 bits per heavy atom. The van der Waals surface area contributed by atoms with Crippen LogP contribution in [0.1, 0.15) is 23.2 Å². The van der Waals surface area contributed by atoms with Gasteiger partial charge >= 0.3 is 0 Å². The molecule has 0 aliphatic carbocycles. The first kappa shape index (κ1) is 17.5. The Morgan fingerprint density at radius 2 is 1.96 bits per heavy atom. The van der Waals surface area contributed by atoms with Gasteiger partial charge < -0.3 is 19.5 Å². The molecule has 1 aliphatic heterocycles. The van der Waals surface area contributed by atoms with Gasteiger partial charge in [0.2, 0.25) is 0 Å². The Labute approximate surface area is 158 Å². The van der Waals surface area contributed by atoms with Gasteiger partial charge in [0.25, 0.3) is 5.91 Å². The molecule has 2 aromatic carbocycles. The van der Waals surface area contributed by atoms with Crippen molar-refractivity contribution in [3.05, 3.63) is 54.4 Å². The van der Waals surface area contributed by atoms with E-state index in [0.717, 1.165) is 24.1 Å². The highest BCUT2D eigenvalue weighted by Crippen LogP contribution is 2.24. The second-order valence-electron chi connectivity index (χ2n) is 6.84. The summed E-state index contributed by atoms with van der Waals surface area (Å²) < 4.78 is 7.45. The van der Waals surface area contributed by atoms with Crippen LogP contribution < -0.4 is 10.1 Å². The number of ether oxygens (including phenoxy) is 1. The van der Waals surface area contributed by atoms with Gasteiger partial charge in [0.15, 0.2) is 0 Å². The second-order valence-corrected chi connectivity index (χ2v) is 6.84. The lowest BCUT2D eigenvalue weighted by molar-refractivity contribution is 0.102. The maximum absolute atomic E-state index is 12.6. The number of anilines is 1. The van der Waals surface area contributed by atoms with Crippen molar-refractivity contribution < 1.29 is 9.53 Å². The van der Waals surface area contributed by atoms with E-state index in [-0.39, 0.29) is 5.91 Å². The molecule has 0 radical (unpaired) electrons. The minimum atomic E-state index is -0.173.